The Hall–Kier alpha value is -2.37. The molecular formula is C20H20ClNO4. The first-order chi connectivity index (χ1) is 12.5. The second-order valence-corrected chi connectivity index (χ2v) is 6.96. The summed E-state index contributed by atoms with van der Waals surface area (Å²) in [5, 5.41) is 9.92. The molecule has 1 atom stereocenters. The Labute approximate surface area is 157 Å². The summed E-state index contributed by atoms with van der Waals surface area (Å²) in [5.74, 6) is -1.20. The van der Waals surface area contributed by atoms with Crippen molar-refractivity contribution in [3.05, 3.63) is 59.1 Å². The van der Waals surface area contributed by atoms with Gasteiger partial charge in [0.2, 0.25) is 0 Å². The number of hydrogen-bond acceptors (Lipinski definition) is 3. The third-order valence-corrected chi connectivity index (χ3v) is 5.15. The zero-order chi connectivity index (χ0) is 18.7. The number of rotatable bonds is 5. The smallest absolute Gasteiger partial charge is 0.313 e. The molecular weight excluding hydrogens is 354 g/mol. The highest BCUT2D eigenvalue weighted by Gasteiger charge is 2.46. The van der Waals surface area contributed by atoms with Gasteiger partial charge < -0.3 is 14.7 Å². The fraction of sp³-hybridized carbons (Fsp3) is 0.300. The highest BCUT2D eigenvalue weighted by atomic mass is 35.5. The molecule has 0 saturated carbocycles. The van der Waals surface area contributed by atoms with Crippen molar-refractivity contribution in [2.24, 2.45) is 5.41 Å². The van der Waals surface area contributed by atoms with Gasteiger partial charge in [-0.15, -0.1) is 0 Å². The van der Waals surface area contributed by atoms with Gasteiger partial charge in [-0.05, 0) is 29.7 Å². The molecule has 6 heteroatoms. The molecule has 1 saturated heterocycles. The molecule has 2 aromatic rings. The van der Waals surface area contributed by atoms with Crippen LogP contribution in [0.15, 0.2) is 48.5 Å². The van der Waals surface area contributed by atoms with Crippen molar-refractivity contribution in [2.45, 2.75) is 6.42 Å². The van der Waals surface area contributed by atoms with Crippen LogP contribution in [-0.2, 0) is 9.53 Å². The summed E-state index contributed by atoms with van der Waals surface area (Å²) in [6, 6.07) is 15.0. The summed E-state index contributed by atoms with van der Waals surface area (Å²) in [5.41, 5.74) is 1.19. The van der Waals surface area contributed by atoms with Gasteiger partial charge in [0.15, 0.2) is 0 Å². The van der Waals surface area contributed by atoms with Gasteiger partial charge in [0.05, 0.1) is 17.2 Å². The molecule has 1 N–H and O–H groups in total. The van der Waals surface area contributed by atoms with E-state index in [2.05, 4.69) is 0 Å². The summed E-state index contributed by atoms with van der Waals surface area (Å²) in [4.78, 5) is 26.2. The predicted molar refractivity (Wildman–Crippen MR) is 99.4 cm³/mol. The van der Waals surface area contributed by atoms with E-state index in [1.54, 1.807) is 17.0 Å². The number of amides is 1. The number of methoxy groups -OCH3 is 1. The van der Waals surface area contributed by atoms with Crippen molar-refractivity contribution in [3.8, 4) is 11.1 Å². The van der Waals surface area contributed by atoms with Crippen LogP contribution in [0, 0.1) is 5.41 Å². The minimum absolute atomic E-state index is 0.0733. The van der Waals surface area contributed by atoms with Gasteiger partial charge in [0.25, 0.3) is 5.91 Å². The number of halogens is 1. The third-order valence-electron chi connectivity index (χ3n) is 4.82. The van der Waals surface area contributed by atoms with E-state index in [0.717, 1.165) is 11.1 Å². The minimum Gasteiger partial charge on any atom is -0.481 e. The van der Waals surface area contributed by atoms with E-state index in [4.69, 9.17) is 16.3 Å². The third kappa shape index (κ3) is 3.45. The van der Waals surface area contributed by atoms with Crippen LogP contribution in [0.2, 0.25) is 5.02 Å². The second kappa shape index (κ2) is 7.48. The lowest BCUT2D eigenvalue weighted by atomic mass is 9.88. The molecule has 5 nitrogen and oxygen atoms in total. The summed E-state index contributed by atoms with van der Waals surface area (Å²) in [7, 11) is 1.47. The zero-order valence-electron chi connectivity index (χ0n) is 14.4. The van der Waals surface area contributed by atoms with Gasteiger partial charge in [-0.25, -0.2) is 0 Å². The topological polar surface area (TPSA) is 66.8 Å². The van der Waals surface area contributed by atoms with Crippen molar-refractivity contribution in [1.29, 1.82) is 0 Å². The molecule has 0 bridgehead atoms. The molecule has 1 unspecified atom stereocenters. The molecule has 2 aromatic carbocycles. The highest BCUT2D eigenvalue weighted by molar-refractivity contribution is 6.34. The predicted octanol–water partition coefficient (Wildman–Crippen LogP) is 3.57. The first-order valence-corrected chi connectivity index (χ1v) is 8.71. The lowest BCUT2D eigenvalue weighted by molar-refractivity contribution is -0.151. The first kappa shape index (κ1) is 18.4. The first-order valence-electron chi connectivity index (χ1n) is 8.33. The molecule has 136 valence electrons. The average Bonchev–Trinajstić information content (AvgIpc) is 3.08. The van der Waals surface area contributed by atoms with Gasteiger partial charge >= 0.3 is 5.97 Å². The van der Waals surface area contributed by atoms with E-state index in [1.807, 2.05) is 36.4 Å². The van der Waals surface area contributed by atoms with Crippen molar-refractivity contribution >= 4 is 23.5 Å². The number of likely N-dealkylation sites (tertiary alicyclic amines) is 1. The van der Waals surface area contributed by atoms with Crippen LogP contribution in [0.1, 0.15) is 16.8 Å². The van der Waals surface area contributed by atoms with Gasteiger partial charge in [-0.2, -0.15) is 0 Å². The van der Waals surface area contributed by atoms with Gasteiger partial charge in [0.1, 0.15) is 5.41 Å². The standard InChI is InChI=1S/C20H20ClNO4/c1-26-13-20(19(24)25)9-10-22(12-20)18(23)16-11-15(7-8-17(16)21)14-5-3-2-4-6-14/h2-8,11H,9-10,12-13H2,1H3,(H,24,25). The molecule has 0 spiro atoms. The number of carboxylic acid groups (broad SMARTS) is 1. The van der Waals surface area contributed by atoms with Crippen LogP contribution in [0.5, 0.6) is 0 Å². The number of carboxylic acids is 1. The summed E-state index contributed by atoms with van der Waals surface area (Å²) in [6.07, 6.45) is 0.359. The van der Waals surface area contributed by atoms with E-state index < -0.39 is 11.4 Å². The van der Waals surface area contributed by atoms with Crippen LogP contribution in [-0.4, -0.2) is 48.7 Å². The maximum absolute atomic E-state index is 13.0. The van der Waals surface area contributed by atoms with E-state index >= 15 is 0 Å². The van der Waals surface area contributed by atoms with Crippen molar-refractivity contribution in [3.63, 3.8) is 0 Å². The summed E-state index contributed by atoms with van der Waals surface area (Å²) < 4.78 is 5.08. The minimum atomic E-state index is -1.06. The monoisotopic (exact) mass is 373 g/mol. The van der Waals surface area contributed by atoms with Gasteiger partial charge in [-0.1, -0.05) is 48.0 Å². The van der Waals surface area contributed by atoms with Crippen LogP contribution in [0.25, 0.3) is 11.1 Å². The van der Waals surface area contributed by atoms with Crippen LogP contribution in [0.4, 0.5) is 0 Å². The summed E-state index contributed by atoms with van der Waals surface area (Å²) in [6.45, 7) is 0.547. The number of ether oxygens (including phenoxy) is 1. The zero-order valence-corrected chi connectivity index (χ0v) is 15.2. The number of carbonyl (C=O) groups excluding carboxylic acids is 1. The Bertz CT molecular complexity index is 824. The van der Waals surface area contributed by atoms with Gasteiger partial charge in [0, 0.05) is 20.2 Å². The van der Waals surface area contributed by atoms with Crippen LogP contribution in [0.3, 0.4) is 0 Å². The Morgan fingerprint density at radius 2 is 1.92 bits per heavy atom. The van der Waals surface area contributed by atoms with E-state index in [-0.39, 0.29) is 19.1 Å². The molecule has 1 amide bonds. The normalized spacial score (nSPS) is 19.5. The fourth-order valence-corrected chi connectivity index (χ4v) is 3.54. The average molecular weight is 374 g/mol. The molecule has 1 heterocycles. The highest BCUT2D eigenvalue weighted by Crippen LogP contribution is 2.34. The SMILES string of the molecule is COCC1(C(=O)O)CCN(C(=O)c2cc(-c3ccccc3)ccc2Cl)C1. The summed E-state index contributed by atoms with van der Waals surface area (Å²) >= 11 is 6.26. The Morgan fingerprint density at radius 1 is 1.19 bits per heavy atom. The van der Waals surface area contributed by atoms with Crippen LogP contribution < -0.4 is 0 Å². The molecule has 1 fully saturated rings. The quantitative estimate of drug-likeness (QED) is 0.870. The lowest BCUT2D eigenvalue weighted by Gasteiger charge is -2.24. The van der Waals surface area contributed by atoms with E-state index in [1.165, 1.54) is 7.11 Å². The fourth-order valence-electron chi connectivity index (χ4n) is 3.35. The number of hydrogen-bond donors (Lipinski definition) is 1. The Kier molecular flexibility index (Phi) is 5.30. The number of aliphatic carboxylic acids is 1. The van der Waals surface area contributed by atoms with Gasteiger partial charge in [-0.3, -0.25) is 9.59 Å². The lowest BCUT2D eigenvalue weighted by Crippen LogP contribution is -2.40. The Morgan fingerprint density at radius 3 is 2.58 bits per heavy atom. The molecule has 26 heavy (non-hydrogen) atoms. The van der Waals surface area contributed by atoms with Crippen LogP contribution >= 0.6 is 11.6 Å². The maximum Gasteiger partial charge on any atom is 0.313 e. The maximum atomic E-state index is 13.0. The molecule has 0 radical (unpaired) electrons. The molecule has 1 aliphatic heterocycles. The molecule has 1 aliphatic rings. The number of nitrogens with zero attached hydrogens (tertiary/aromatic N) is 1. The van der Waals surface area contributed by atoms with E-state index in [0.29, 0.717) is 23.6 Å². The van der Waals surface area contributed by atoms with Crippen molar-refractivity contribution in [1.82, 2.24) is 4.90 Å². The Balaban J connectivity index is 1.88. The molecule has 0 aromatic heterocycles. The molecule has 3 rings (SSSR count). The van der Waals surface area contributed by atoms with Crippen molar-refractivity contribution in [2.75, 3.05) is 26.8 Å². The number of carbonyl (C=O) groups is 2. The number of benzene rings is 2. The largest absolute Gasteiger partial charge is 0.481 e. The van der Waals surface area contributed by atoms with Crippen molar-refractivity contribution < 1.29 is 19.4 Å². The second-order valence-electron chi connectivity index (χ2n) is 6.56. The molecule has 0 aliphatic carbocycles. The van der Waals surface area contributed by atoms with E-state index in [9.17, 15) is 14.7 Å².